The number of amides is 2. The molecule has 0 radical (unpaired) electrons. The van der Waals surface area contributed by atoms with Gasteiger partial charge in [-0.15, -0.1) is 0 Å². The first kappa shape index (κ1) is 17.9. The van der Waals surface area contributed by atoms with Crippen LogP contribution >= 0.6 is 11.6 Å². The Hall–Kier alpha value is -2.86. The Morgan fingerprint density at radius 3 is 2.62 bits per heavy atom. The molecule has 0 bridgehead atoms. The van der Waals surface area contributed by atoms with Crippen LogP contribution in [0.3, 0.4) is 0 Å². The minimum atomic E-state index is -0.410. The first-order valence-electron chi connectivity index (χ1n) is 8.38. The summed E-state index contributed by atoms with van der Waals surface area (Å²) in [4.78, 5) is 31.5. The molecule has 7 heteroatoms. The summed E-state index contributed by atoms with van der Waals surface area (Å²) in [5.74, 6) is -0.455. The van der Waals surface area contributed by atoms with Gasteiger partial charge in [0.2, 0.25) is 5.82 Å². The van der Waals surface area contributed by atoms with Crippen molar-refractivity contribution in [2.45, 2.75) is 13.8 Å². The number of halogens is 1. The molecular weight excluding hydrogens is 352 g/mol. The first-order chi connectivity index (χ1) is 12.5. The predicted octanol–water partition coefficient (Wildman–Crippen LogP) is 3.72. The third-order valence-electron chi connectivity index (χ3n) is 4.09. The Balaban J connectivity index is 2.01. The number of anilines is 1. The van der Waals surface area contributed by atoms with E-state index < -0.39 is 5.91 Å². The lowest BCUT2D eigenvalue weighted by molar-refractivity contribution is 0.0769. The molecule has 0 atom stereocenters. The lowest BCUT2D eigenvalue weighted by Crippen LogP contribution is -2.31. The number of nitrogens with one attached hydrogen (secondary N) is 1. The summed E-state index contributed by atoms with van der Waals surface area (Å²) in [7, 11) is 0. The Morgan fingerprint density at radius 1 is 1.15 bits per heavy atom. The third-order valence-corrected chi connectivity index (χ3v) is 4.32. The predicted molar refractivity (Wildman–Crippen MR) is 102 cm³/mol. The van der Waals surface area contributed by atoms with Crippen molar-refractivity contribution < 1.29 is 9.59 Å². The SMILES string of the molecule is CCN(CC)C(=O)c1nc(C(=O)Nc2cccc(Cl)c2)n2ccccc12. The molecule has 134 valence electrons. The summed E-state index contributed by atoms with van der Waals surface area (Å²) in [5, 5.41) is 3.29. The zero-order valence-electron chi connectivity index (χ0n) is 14.6. The van der Waals surface area contributed by atoms with E-state index in [1.54, 1.807) is 51.9 Å². The fourth-order valence-electron chi connectivity index (χ4n) is 2.77. The molecule has 1 aromatic carbocycles. The van der Waals surface area contributed by atoms with Crippen molar-refractivity contribution in [3.63, 3.8) is 0 Å². The number of carbonyl (C=O) groups is 2. The minimum Gasteiger partial charge on any atom is -0.338 e. The largest absolute Gasteiger partial charge is 0.338 e. The number of hydrogen-bond donors (Lipinski definition) is 1. The molecule has 6 nitrogen and oxygen atoms in total. The molecule has 0 unspecified atom stereocenters. The van der Waals surface area contributed by atoms with Crippen LogP contribution in [-0.2, 0) is 0 Å². The van der Waals surface area contributed by atoms with Crippen molar-refractivity contribution in [1.82, 2.24) is 14.3 Å². The van der Waals surface area contributed by atoms with Gasteiger partial charge < -0.3 is 10.2 Å². The van der Waals surface area contributed by atoms with Crippen LogP contribution in [0.5, 0.6) is 0 Å². The first-order valence-corrected chi connectivity index (χ1v) is 8.76. The average Bonchev–Trinajstić information content (AvgIpc) is 3.02. The van der Waals surface area contributed by atoms with Crippen LogP contribution < -0.4 is 5.32 Å². The Labute approximate surface area is 156 Å². The van der Waals surface area contributed by atoms with Crippen molar-refractivity contribution in [2.24, 2.45) is 0 Å². The van der Waals surface area contributed by atoms with Crippen LogP contribution in [0.15, 0.2) is 48.7 Å². The average molecular weight is 371 g/mol. The molecule has 1 N–H and O–H groups in total. The van der Waals surface area contributed by atoms with Crippen LogP contribution in [0, 0.1) is 0 Å². The number of benzene rings is 1. The van der Waals surface area contributed by atoms with E-state index in [1.165, 1.54) is 0 Å². The number of pyridine rings is 1. The molecule has 0 saturated heterocycles. The standard InChI is InChI=1S/C19H19ClN4O2/c1-3-23(4-2)19(26)16-15-10-5-6-11-24(15)17(22-16)18(25)21-14-9-7-8-13(20)12-14/h5-12H,3-4H2,1-2H3,(H,21,25). The monoisotopic (exact) mass is 370 g/mol. The third kappa shape index (κ3) is 3.41. The van der Waals surface area contributed by atoms with E-state index in [4.69, 9.17) is 11.6 Å². The molecule has 2 amide bonds. The molecule has 0 fully saturated rings. The van der Waals surface area contributed by atoms with Crippen LogP contribution in [0.4, 0.5) is 5.69 Å². The number of aromatic nitrogens is 2. The number of rotatable bonds is 5. The quantitative estimate of drug-likeness (QED) is 0.744. The van der Waals surface area contributed by atoms with Crippen molar-refractivity contribution in [1.29, 1.82) is 0 Å². The van der Waals surface area contributed by atoms with Gasteiger partial charge in [0.25, 0.3) is 11.8 Å². The maximum Gasteiger partial charge on any atom is 0.292 e. The van der Waals surface area contributed by atoms with Gasteiger partial charge in [-0.1, -0.05) is 23.7 Å². The van der Waals surface area contributed by atoms with E-state index in [0.29, 0.717) is 29.3 Å². The highest BCUT2D eigenvalue weighted by Gasteiger charge is 2.24. The van der Waals surface area contributed by atoms with Gasteiger partial charge >= 0.3 is 0 Å². The topological polar surface area (TPSA) is 66.7 Å². The second kappa shape index (κ2) is 7.58. The van der Waals surface area contributed by atoms with Gasteiger partial charge in [0.15, 0.2) is 5.69 Å². The molecule has 26 heavy (non-hydrogen) atoms. The highest BCUT2D eigenvalue weighted by atomic mass is 35.5. The van der Waals surface area contributed by atoms with Crippen LogP contribution in [-0.4, -0.2) is 39.2 Å². The summed E-state index contributed by atoms with van der Waals surface area (Å²) >= 11 is 5.96. The molecular formula is C19H19ClN4O2. The zero-order chi connectivity index (χ0) is 18.7. The van der Waals surface area contributed by atoms with Crippen molar-refractivity contribution in [3.05, 3.63) is 65.2 Å². The number of carbonyl (C=O) groups excluding carboxylic acids is 2. The van der Waals surface area contributed by atoms with E-state index in [9.17, 15) is 9.59 Å². The second-order valence-corrected chi connectivity index (χ2v) is 6.12. The molecule has 0 aliphatic carbocycles. The molecule has 0 spiro atoms. The lowest BCUT2D eigenvalue weighted by atomic mass is 10.3. The fourth-order valence-corrected chi connectivity index (χ4v) is 2.96. The second-order valence-electron chi connectivity index (χ2n) is 5.68. The van der Waals surface area contributed by atoms with Gasteiger partial charge in [-0.05, 0) is 44.2 Å². The summed E-state index contributed by atoms with van der Waals surface area (Å²) in [6, 6.07) is 12.2. The lowest BCUT2D eigenvalue weighted by Gasteiger charge is -2.17. The summed E-state index contributed by atoms with van der Waals surface area (Å²) < 4.78 is 1.62. The summed E-state index contributed by atoms with van der Waals surface area (Å²) in [5.41, 5.74) is 1.43. The highest BCUT2D eigenvalue weighted by Crippen LogP contribution is 2.19. The van der Waals surface area contributed by atoms with Gasteiger partial charge in [-0.2, -0.15) is 0 Å². The van der Waals surface area contributed by atoms with Crippen LogP contribution in [0.1, 0.15) is 35.0 Å². The number of fused-ring (bicyclic) bond motifs is 1. The zero-order valence-corrected chi connectivity index (χ0v) is 15.3. The molecule has 0 aliphatic rings. The number of hydrogen-bond acceptors (Lipinski definition) is 3. The highest BCUT2D eigenvalue weighted by molar-refractivity contribution is 6.31. The van der Waals surface area contributed by atoms with Crippen molar-refractivity contribution >= 4 is 34.6 Å². The Bertz CT molecular complexity index is 963. The van der Waals surface area contributed by atoms with Gasteiger partial charge in [0.05, 0.1) is 5.52 Å². The van der Waals surface area contributed by atoms with Gasteiger partial charge in [0.1, 0.15) is 0 Å². The van der Waals surface area contributed by atoms with Gasteiger partial charge in [-0.25, -0.2) is 4.98 Å². The normalized spacial score (nSPS) is 10.7. The van der Waals surface area contributed by atoms with Gasteiger partial charge in [0, 0.05) is 30.0 Å². The molecule has 3 rings (SSSR count). The summed E-state index contributed by atoms with van der Waals surface area (Å²) in [6.45, 7) is 4.97. The fraction of sp³-hybridized carbons (Fsp3) is 0.211. The number of imidazole rings is 1. The minimum absolute atomic E-state index is 0.149. The van der Waals surface area contributed by atoms with E-state index in [0.717, 1.165) is 0 Å². The summed E-state index contributed by atoms with van der Waals surface area (Å²) in [6.07, 6.45) is 1.72. The molecule has 0 saturated carbocycles. The van der Waals surface area contributed by atoms with Crippen molar-refractivity contribution in [3.8, 4) is 0 Å². The van der Waals surface area contributed by atoms with Gasteiger partial charge in [-0.3, -0.25) is 14.0 Å². The molecule has 2 heterocycles. The maximum atomic E-state index is 12.8. The van der Waals surface area contributed by atoms with Crippen LogP contribution in [0.25, 0.3) is 5.52 Å². The smallest absolute Gasteiger partial charge is 0.292 e. The molecule has 2 aromatic heterocycles. The molecule has 3 aromatic rings. The van der Waals surface area contributed by atoms with Crippen molar-refractivity contribution in [2.75, 3.05) is 18.4 Å². The Kier molecular flexibility index (Phi) is 5.23. The van der Waals surface area contributed by atoms with E-state index in [1.807, 2.05) is 19.9 Å². The van der Waals surface area contributed by atoms with Crippen LogP contribution in [0.2, 0.25) is 5.02 Å². The number of nitrogens with zero attached hydrogens (tertiary/aromatic N) is 3. The Morgan fingerprint density at radius 2 is 1.92 bits per heavy atom. The van der Waals surface area contributed by atoms with E-state index in [-0.39, 0.29) is 17.4 Å². The molecule has 0 aliphatic heterocycles. The maximum absolute atomic E-state index is 12.8. The van der Waals surface area contributed by atoms with E-state index in [2.05, 4.69) is 10.3 Å². The van der Waals surface area contributed by atoms with E-state index >= 15 is 0 Å².